The summed E-state index contributed by atoms with van der Waals surface area (Å²) < 4.78 is 38.0. The molecule has 3 aliphatic rings. The van der Waals surface area contributed by atoms with Crippen LogP contribution in [0.5, 0.6) is 0 Å². The fourth-order valence-electron chi connectivity index (χ4n) is 9.06. The highest BCUT2D eigenvalue weighted by molar-refractivity contribution is 6.67. The number of hydrogen-bond acceptors (Lipinski definition) is 15. The van der Waals surface area contributed by atoms with Crippen LogP contribution >= 0.6 is 0 Å². The van der Waals surface area contributed by atoms with Crippen LogP contribution in [0.4, 0.5) is 0 Å². The Morgan fingerprint density at radius 1 is 0.933 bits per heavy atom. The van der Waals surface area contributed by atoms with Gasteiger partial charge in [-0.2, -0.15) is 0 Å². The minimum Gasteiger partial charge on any atom is -0.419 e. The number of carbonyl (C=O) groups is 1. The fraction of sp³-hybridized carbons (Fsp3) is 0.925. The first kappa shape index (κ1) is 53.9. The number of fused-ring (bicyclic) bond motifs is 2. The molecular weight excluding hydrogens is 841 g/mol. The number of rotatable bonds is 28. The van der Waals surface area contributed by atoms with Gasteiger partial charge < -0.3 is 57.0 Å². The minimum absolute atomic E-state index is 0.0135. The van der Waals surface area contributed by atoms with Crippen LogP contribution in [0.2, 0.25) is 48.4 Å². The third-order valence-electron chi connectivity index (χ3n) is 13.3. The van der Waals surface area contributed by atoms with Gasteiger partial charge in [0, 0.05) is 89.4 Å². The van der Waals surface area contributed by atoms with E-state index in [0.29, 0.717) is 45.0 Å². The molecule has 0 aromatic rings. The van der Waals surface area contributed by atoms with Crippen LogP contribution in [0.1, 0.15) is 68.2 Å². The first-order chi connectivity index (χ1) is 28.8. The van der Waals surface area contributed by atoms with Gasteiger partial charge in [0.1, 0.15) is 24.8 Å². The molecule has 20 heteroatoms. The zero-order valence-corrected chi connectivity index (χ0v) is 42.7. The summed E-state index contributed by atoms with van der Waals surface area (Å²) in [7, 11) is -6.10. The summed E-state index contributed by atoms with van der Waals surface area (Å²) in [4.78, 5) is 20.6. The van der Waals surface area contributed by atoms with Crippen molar-refractivity contribution in [2.75, 3.05) is 72.9 Å². The molecule has 2 saturated heterocycles. The van der Waals surface area contributed by atoms with Crippen molar-refractivity contribution in [3.63, 3.8) is 0 Å². The van der Waals surface area contributed by atoms with E-state index < -0.39 is 84.1 Å². The molecule has 2 fully saturated rings. The lowest BCUT2D eigenvalue weighted by atomic mass is 9.71. The van der Waals surface area contributed by atoms with Crippen molar-refractivity contribution in [2.24, 2.45) is 17.8 Å². The largest absolute Gasteiger partial charge is 0.419 e. The molecule has 2 aliphatic heterocycles. The van der Waals surface area contributed by atoms with E-state index in [1.54, 1.807) is 23.0 Å². The Morgan fingerprint density at radius 2 is 1.57 bits per heavy atom. The maximum Gasteiger partial charge on any atom is 0.337 e. The van der Waals surface area contributed by atoms with Crippen LogP contribution in [0.15, 0.2) is 11.6 Å². The molecule has 2 heterocycles. The number of carbonyl (C=O) groups excluding carboxylic acids is 1. The van der Waals surface area contributed by atoms with E-state index in [1.165, 1.54) is 0 Å². The highest BCUT2D eigenvalue weighted by atomic mass is 28.4. The van der Waals surface area contributed by atoms with Crippen molar-refractivity contribution in [3.05, 3.63) is 11.6 Å². The third kappa shape index (κ3) is 14.5. The van der Waals surface area contributed by atoms with Crippen LogP contribution in [0.3, 0.4) is 0 Å². The second-order valence-electron chi connectivity index (χ2n) is 16.5. The fourth-order valence-corrected chi connectivity index (χ4v) is 16.4. The maximum atomic E-state index is 15.2. The predicted octanol–water partition coefficient (Wildman–Crippen LogP) is 2.42. The summed E-state index contributed by atoms with van der Waals surface area (Å²) in [6, 6.07) is 7.00. The smallest absolute Gasteiger partial charge is 0.337 e. The van der Waals surface area contributed by atoms with Crippen molar-refractivity contribution in [1.82, 2.24) is 20.0 Å². The van der Waals surface area contributed by atoms with E-state index >= 15 is 4.79 Å². The summed E-state index contributed by atoms with van der Waals surface area (Å²) >= 11 is 0. The lowest BCUT2D eigenvalue weighted by molar-refractivity contribution is -0.143. The maximum absolute atomic E-state index is 15.2. The summed E-state index contributed by atoms with van der Waals surface area (Å²) in [6.07, 6.45) is -3.74. The molecule has 7 unspecified atom stereocenters. The topological polar surface area (TPSA) is 195 Å². The van der Waals surface area contributed by atoms with E-state index in [-0.39, 0.29) is 45.1 Å². The van der Waals surface area contributed by atoms with Gasteiger partial charge in [-0.05, 0) is 54.8 Å². The van der Waals surface area contributed by atoms with Crippen molar-refractivity contribution in [1.29, 1.82) is 0 Å². The van der Waals surface area contributed by atoms with Gasteiger partial charge in [0.15, 0.2) is 24.4 Å². The molecule has 0 aromatic carbocycles. The highest BCUT2D eigenvalue weighted by Crippen LogP contribution is 2.43. The van der Waals surface area contributed by atoms with Gasteiger partial charge in [-0.1, -0.05) is 61.5 Å². The molecule has 0 saturated carbocycles. The van der Waals surface area contributed by atoms with E-state index in [9.17, 15) is 25.5 Å². The average Bonchev–Trinajstić information content (AvgIpc) is 3.33. The van der Waals surface area contributed by atoms with Crippen LogP contribution in [0, 0.1) is 17.8 Å². The number of aliphatic hydroxyl groups is 5. The lowest BCUT2D eigenvalue weighted by Gasteiger charge is -2.45. The molecule has 7 atom stereocenters. The van der Waals surface area contributed by atoms with Crippen molar-refractivity contribution < 1.29 is 56.9 Å². The SMILES string of the molecule is CC[SiH](CC)OCCNC(O)C1CC2C(=CC1C(O)N(CCO[SiH](CC)CC)CCC(O)O)C(=O)N(CCO[Si](CC)(CC)OC)C1CO[Si](CC)(CC)OCCN1C2O. The number of nitrogens with zero attached hydrogens (tertiary/aromatic N) is 3. The Morgan fingerprint density at radius 3 is 2.13 bits per heavy atom. The molecule has 0 aromatic heterocycles. The standard InChI is InChI=1S/C40H84N4O12Si4/c1-10-57(11-2)52-24-19-41-37(47)31-28-33-34(29-32(31)38(48)42(20-18-36(45)46)21-25-53-58(12-3)13-4)40(50)43(22-26-54-59(14-5,15-6)51-9)35-30-56-60(16-7,17-8)55-27-23-44(35)39(33)49/h29,31-33,35-39,41,45-49,57-58H,10-28,30H2,1-9H3. The van der Waals surface area contributed by atoms with E-state index in [1.807, 2.05) is 4.90 Å². The number of aliphatic hydroxyl groups excluding tert-OH is 4. The van der Waals surface area contributed by atoms with E-state index in [2.05, 4.69) is 60.7 Å². The summed E-state index contributed by atoms with van der Waals surface area (Å²) in [5.41, 5.74) is 0.365. The van der Waals surface area contributed by atoms with Gasteiger partial charge in [-0.3, -0.25) is 19.9 Å². The highest BCUT2D eigenvalue weighted by Gasteiger charge is 2.51. The molecule has 352 valence electrons. The third-order valence-corrected chi connectivity index (χ3v) is 25.6. The second-order valence-corrected chi connectivity index (χ2v) is 30.7. The molecule has 60 heavy (non-hydrogen) atoms. The zero-order valence-electron chi connectivity index (χ0n) is 38.4. The normalized spacial score (nSPS) is 25.3. The quantitative estimate of drug-likeness (QED) is 0.0381. The average molecular weight is 925 g/mol. The molecule has 0 spiro atoms. The Balaban J connectivity index is 2.12. The van der Waals surface area contributed by atoms with Crippen LogP contribution in [-0.4, -0.2) is 185 Å². The van der Waals surface area contributed by atoms with Crippen LogP contribution in [-0.2, 0) is 31.4 Å². The minimum atomic E-state index is -2.57. The summed E-state index contributed by atoms with van der Waals surface area (Å²) in [5, 5.41) is 59.9. The van der Waals surface area contributed by atoms with Gasteiger partial charge in [0.2, 0.25) is 0 Å². The Kier molecular flexibility index (Phi) is 24.3. The van der Waals surface area contributed by atoms with Gasteiger partial charge in [-0.15, -0.1) is 0 Å². The van der Waals surface area contributed by atoms with Crippen molar-refractivity contribution >= 4 is 41.1 Å². The summed E-state index contributed by atoms with van der Waals surface area (Å²) in [5.74, 6) is -2.41. The number of amides is 1. The molecule has 0 bridgehead atoms. The Hall–Kier alpha value is -0.482. The van der Waals surface area contributed by atoms with Crippen molar-refractivity contribution in [3.8, 4) is 0 Å². The van der Waals surface area contributed by atoms with Gasteiger partial charge in [0.25, 0.3) is 5.91 Å². The van der Waals surface area contributed by atoms with Gasteiger partial charge in [-0.25, -0.2) is 0 Å². The van der Waals surface area contributed by atoms with Crippen LogP contribution < -0.4 is 5.32 Å². The van der Waals surface area contributed by atoms with E-state index in [0.717, 1.165) is 48.4 Å². The zero-order chi connectivity index (χ0) is 44.5. The number of hydrogen-bond donors (Lipinski definition) is 6. The van der Waals surface area contributed by atoms with Gasteiger partial charge >= 0.3 is 17.1 Å². The Labute approximate surface area is 366 Å². The molecule has 3 rings (SSSR count). The van der Waals surface area contributed by atoms with E-state index in [4.69, 9.17) is 26.6 Å². The first-order valence-corrected chi connectivity index (χ1v) is 31.8. The molecule has 16 nitrogen and oxygen atoms in total. The second kappa shape index (κ2) is 27.1. The summed E-state index contributed by atoms with van der Waals surface area (Å²) in [6.45, 7) is 19.8. The molecule has 0 radical (unpaired) electrons. The molecule has 1 amide bonds. The number of nitrogens with one attached hydrogen (secondary N) is 1. The molecular formula is C40H84N4O12Si4. The first-order valence-electron chi connectivity index (χ1n) is 23.1. The Bertz CT molecular complexity index is 1240. The monoisotopic (exact) mass is 925 g/mol. The predicted molar refractivity (Wildman–Crippen MR) is 242 cm³/mol. The molecule has 1 aliphatic carbocycles. The molecule has 6 N–H and O–H groups in total. The lowest BCUT2D eigenvalue weighted by Crippen LogP contribution is -2.60. The van der Waals surface area contributed by atoms with Gasteiger partial charge in [0.05, 0.1) is 13.2 Å². The van der Waals surface area contributed by atoms with Crippen molar-refractivity contribution in [2.45, 2.75) is 148 Å². The van der Waals surface area contributed by atoms with Crippen LogP contribution in [0.25, 0.3) is 0 Å².